The number of aryl methyl sites for hydroxylation is 2. The van der Waals surface area contributed by atoms with Crippen molar-refractivity contribution in [2.45, 2.75) is 84.0 Å². The number of benzene rings is 1. The lowest BCUT2D eigenvalue weighted by atomic mass is 9.78. The molecule has 24 heavy (non-hydrogen) atoms. The lowest BCUT2D eigenvalue weighted by Gasteiger charge is -2.28. The molecule has 0 bridgehead atoms. The molecular weight excluding hydrogens is 295 g/mol. The first-order chi connectivity index (χ1) is 11.8. The summed E-state index contributed by atoms with van der Waals surface area (Å²) >= 11 is 0. The Kier molecular flexibility index (Phi) is 9.16. The minimum absolute atomic E-state index is 0.646. The minimum Gasteiger partial charge on any atom is -0.216 e. The molecule has 0 saturated heterocycles. The number of hydrogen-bond acceptors (Lipinski definition) is 0. The van der Waals surface area contributed by atoms with E-state index < -0.39 is 0 Å². The predicted octanol–water partition coefficient (Wildman–Crippen LogP) is 7.42. The van der Waals surface area contributed by atoms with Gasteiger partial charge in [0.1, 0.15) is 0 Å². The fourth-order valence-corrected chi connectivity index (χ4v) is 4.05. The maximum Gasteiger partial charge on any atom is 0.0827 e. The van der Waals surface area contributed by atoms with Crippen molar-refractivity contribution >= 4 is 0 Å². The van der Waals surface area contributed by atoms with Gasteiger partial charge >= 0.3 is 0 Å². The third kappa shape index (κ3) is 7.20. The van der Waals surface area contributed by atoms with Gasteiger partial charge in [0.25, 0.3) is 0 Å². The van der Waals surface area contributed by atoms with Gasteiger partial charge < -0.3 is 0 Å². The Balaban J connectivity index is 1.63. The highest BCUT2D eigenvalue weighted by atomic mass is 19.1. The molecule has 1 aliphatic carbocycles. The predicted molar refractivity (Wildman–Crippen MR) is 103 cm³/mol. The molecule has 0 nitrogen and oxygen atoms in total. The molecule has 0 aromatic heterocycles. The third-order valence-corrected chi connectivity index (χ3v) is 5.74. The number of allylic oxidation sites excluding steroid dienone is 1. The van der Waals surface area contributed by atoms with Crippen LogP contribution >= 0.6 is 0 Å². The van der Waals surface area contributed by atoms with Gasteiger partial charge in [-0.05, 0) is 48.6 Å². The zero-order valence-electron chi connectivity index (χ0n) is 15.5. The zero-order chi connectivity index (χ0) is 17.0. The Morgan fingerprint density at radius 2 is 1.46 bits per heavy atom. The van der Waals surface area contributed by atoms with Crippen LogP contribution in [0.4, 0.5) is 4.39 Å². The van der Waals surface area contributed by atoms with Gasteiger partial charge in [-0.1, -0.05) is 88.6 Å². The largest absolute Gasteiger partial charge is 0.216 e. The molecule has 0 N–H and O–H groups in total. The summed E-state index contributed by atoms with van der Waals surface area (Å²) in [7, 11) is 0. The van der Waals surface area contributed by atoms with Gasteiger partial charge in [0.2, 0.25) is 0 Å². The van der Waals surface area contributed by atoms with Gasteiger partial charge in [-0.15, -0.1) is 0 Å². The number of unbranched alkanes of at least 4 members (excludes halogenated alkanes) is 2. The van der Waals surface area contributed by atoms with Crippen molar-refractivity contribution in [1.82, 2.24) is 0 Å². The van der Waals surface area contributed by atoms with E-state index >= 15 is 0 Å². The van der Waals surface area contributed by atoms with Crippen LogP contribution in [0.2, 0.25) is 0 Å². The van der Waals surface area contributed by atoms with Crippen LogP contribution in [0, 0.1) is 11.8 Å². The van der Waals surface area contributed by atoms with Crippen molar-refractivity contribution in [1.29, 1.82) is 0 Å². The summed E-state index contributed by atoms with van der Waals surface area (Å²) in [5, 5.41) is 0. The van der Waals surface area contributed by atoms with Gasteiger partial charge in [-0.25, -0.2) is 4.39 Å². The van der Waals surface area contributed by atoms with E-state index in [1.165, 1.54) is 75.3 Å². The summed E-state index contributed by atoms with van der Waals surface area (Å²) in [5.74, 6) is 1.97. The molecule has 134 valence electrons. The molecule has 1 fully saturated rings. The van der Waals surface area contributed by atoms with E-state index in [-0.39, 0.29) is 0 Å². The van der Waals surface area contributed by atoms with Gasteiger partial charge in [0.05, 0.1) is 6.33 Å². The molecule has 1 saturated carbocycles. The third-order valence-electron chi connectivity index (χ3n) is 5.74. The van der Waals surface area contributed by atoms with Gasteiger partial charge in [-0.3, -0.25) is 0 Å². The highest BCUT2D eigenvalue weighted by Crippen LogP contribution is 2.34. The Morgan fingerprint density at radius 1 is 0.875 bits per heavy atom. The molecule has 1 heteroatoms. The van der Waals surface area contributed by atoms with E-state index in [1.54, 1.807) is 6.08 Å². The molecule has 0 atom stereocenters. The van der Waals surface area contributed by atoms with Gasteiger partial charge in [-0.2, -0.15) is 0 Å². The lowest BCUT2D eigenvalue weighted by Crippen LogP contribution is -2.15. The summed E-state index contributed by atoms with van der Waals surface area (Å²) in [6.45, 7) is 2.30. The molecule has 0 unspecified atom stereocenters. The van der Waals surface area contributed by atoms with Crippen LogP contribution in [0.3, 0.4) is 0 Å². The van der Waals surface area contributed by atoms with Crippen LogP contribution in [0.15, 0.2) is 36.7 Å². The molecule has 0 aliphatic heterocycles. The van der Waals surface area contributed by atoms with Crippen LogP contribution in [0.1, 0.15) is 82.3 Å². The second kappa shape index (κ2) is 11.4. The SMILES string of the molecule is CCCCCC1CCC(CCc2ccc(CCC=CF)cc2)CC1. The van der Waals surface area contributed by atoms with Gasteiger partial charge in [0, 0.05) is 0 Å². The van der Waals surface area contributed by atoms with E-state index in [4.69, 9.17) is 0 Å². The number of halogens is 1. The molecule has 1 aliphatic rings. The zero-order valence-corrected chi connectivity index (χ0v) is 15.5. The second-order valence-electron chi connectivity index (χ2n) is 7.64. The summed E-state index contributed by atoms with van der Waals surface area (Å²) in [6, 6.07) is 8.97. The van der Waals surface area contributed by atoms with Crippen LogP contribution in [-0.2, 0) is 12.8 Å². The average molecular weight is 331 g/mol. The monoisotopic (exact) mass is 330 g/mol. The second-order valence-corrected chi connectivity index (χ2v) is 7.64. The summed E-state index contributed by atoms with van der Waals surface area (Å²) in [5.41, 5.74) is 2.77. The van der Waals surface area contributed by atoms with Crippen molar-refractivity contribution < 1.29 is 4.39 Å². The van der Waals surface area contributed by atoms with Crippen molar-refractivity contribution in [3.63, 3.8) is 0 Å². The highest BCUT2D eigenvalue weighted by Gasteiger charge is 2.20. The molecule has 2 rings (SSSR count). The Labute approximate surface area is 148 Å². The van der Waals surface area contributed by atoms with Crippen LogP contribution in [-0.4, -0.2) is 0 Å². The molecule has 0 spiro atoms. The van der Waals surface area contributed by atoms with Crippen LogP contribution in [0.25, 0.3) is 0 Å². The molecule has 1 aromatic carbocycles. The van der Waals surface area contributed by atoms with Gasteiger partial charge in [0.15, 0.2) is 0 Å². The van der Waals surface area contributed by atoms with Crippen LogP contribution < -0.4 is 0 Å². The molecular formula is C23H35F. The first-order valence-electron chi connectivity index (χ1n) is 10.1. The fraction of sp³-hybridized carbons (Fsp3) is 0.652. The maximum absolute atomic E-state index is 12.0. The van der Waals surface area contributed by atoms with E-state index in [9.17, 15) is 4.39 Å². The molecule has 0 heterocycles. The number of rotatable bonds is 10. The van der Waals surface area contributed by atoms with E-state index in [2.05, 4.69) is 31.2 Å². The number of hydrogen-bond donors (Lipinski definition) is 0. The van der Waals surface area contributed by atoms with Crippen molar-refractivity contribution in [3.8, 4) is 0 Å². The van der Waals surface area contributed by atoms with E-state index in [0.717, 1.165) is 24.7 Å². The summed E-state index contributed by atoms with van der Waals surface area (Å²) in [6.07, 6.45) is 18.0. The summed E-state index contributed by atoms with van der Waals surface area (Å²) in [4.78, 5) is 0. The molecule has 1 aromatic rings. The first kappa shape index (κ1) is 19.2. The Bertz CT molecular complexity index is 451. The van der Waals surface area contributed by atoms with Crippen molar-refractivity contribution in [2.24, 2.45) is 11.8 Å². The Morgan fingerprint density at radius 3 is 2.04 bits per heavy atom. The summed E-state index contributed by atoms with van der Waals surface area (Å²) < 4.78 is 12.0. The minimum atomic E-state index is 0.646. The van der Waals surface area contributed by atoms with Crippen LogP contribution in [0.5, 0.6) is 0 Å². The normalized spacial score (nSPS) is 21.4. The van der Waals surface area contributed by atoms with E-state index in [1.807, 2.05) is 0 Å². The Hall–Kier alpha value is -1.11. The topological polar surface area (TPSA) is 0 Å². The fourth-order valence-electron chi connectivity index (χ4n) is 4.05. The molecule has 0 amide bonds. The average Bonchev–Trinajstić information content (AvgIpc) is 2.63. The quantitative estimate of drug-likeness (QED) is 0.391. The highest BCUT2D eigenvalue weighted by molar-refractivity contribution is 5.23. The maximum atomic E-state index is 12.0. The standard InChI is InChI=1S/C23H35F/c1-2-3-4-7-20-9-13-22(14-10-20)17-18-23-15-11-21(12-16-23)8-5-6-19-24/h6,11-12,15-16,19-20,22H,2-5,7-10,13-14,17-18H2,1H3. The lowest BCUT2D eigenvalue weighted by molar-refractivity contribution is 0.249. The van der Waals surface area contributed by atoms with Crippen molar-refractivity contribution in [2.75, 3.05) is 0 Å². The van der Waals surface area contributed by atoms with E-state index in [0.29, 0.717) is 6.33 Å². The van der Waals surface area contributed by atoms with Crippen molar-refractivity contribution in [3.05, 3.63) is 47.8 Å². The molecule has 0 radical (unpaired) electrons. The smallest absolute Gasteiger partial charge is 0.0827 e. The first-order valence-corrected chi connectivity index (χ1v) is 10.1.